The van der Waals surface area contributed by atoms with Crippen molar-refractivity contribution in [1.82, 2.24) is 0 Å². The molecule has 0 unspecified atom stereocenters. The van der Waals surface area contributed by atoms with Gasteiger partial charge in [0.1, 0.15) is 5.82 Å². The van der Waals surface area contributed by atoms with Crippen LogP contribution in [-0.4, -0.2) is 5.84 Å². The second kappa shape index (κ2) is 3.54. The second-order valence-corrected chi connectivity index (χ2v) is 2.76. The minimum absolute atomic E-state index is 0.0532. The molecule has 12 heavy (non-hydrogen) atoms. The van der Waals surface area contributed by atoms with Crippen molar-refractivity contribution >= 4 is 23.1 Å². The van der Waals surface area contributed by atoms with Gasteiger partial charge in [0.15, 0.2) is 0 Å². The third kappa shape index (κ3) is 2.20. The molecule has 0 saturated heterocycles. The van der Waals surface area contributed by atoms with E-state index in [-0.39, 0.29) is 5.02 Å². The Kier molecular flexibility index (Phi) is 2.65. The standard InChI is InChI=1S/C8H8ClFN2/c1-5(11)12-6-2-3-8(10)7(9)4-6/h2-4H,1H3,(H2,11,12). The van der Waals surface area contributed by atoms with Crippen LogP contribution in [0.15, 0.2) is 23.2 Å². The Labute approximate surface area is 74.9 Å². The molecule has 2 N–H and O–H groups in total. The molecular weight excluding hydrogens is 179 g/mol. The summed E-state index contributed by atoms with van der Waals surface area (Å²) < 4.78 is 12.6. The molecule has 0 bridgehead atoms. The van der Waals surface area contributed by atoms with Gasteiger partial charge >= 0.3 is 0 Å². The van der Waals surface area contributed by atoms with Gasteiger partial charge in [-0.05, 0) is 25.1 Å². The zero-order valence-corrected chi connectivity index (χ0v) is 7.27. The van der Waals surface area contributed by atoms with Crippen molar-refractivity contribution in [2.24, 2.45) is 10.7 Å². The quantitative estimate of drug-likeness (QED) is 0.531. The third-order valence-electron chi connectivity index (χ3n) is 1.21. The van der Waals surface area contributed by atoms with Gasteiger partial charge in [0.05, 0.1) is 16.5 Å². The average molecular weight is 187 g/mol. The number of hydrogen-bond donors (Lipinski definition) is 1. The number of nitrogens with two attached hydrogens (primary N) is 1. The van der Waals surface area contributed by atoms with Crippen LogP contribution in [0.2, 0.25) is 5.02 Å². The zero-order chi connectivity index (χ0) is 9.14. The fraction of sp³-hybridized carbons (Fsp3) is 0.125. The van der Waals surface area contributed by atoms with Crippen molar-refractivity contribution < 1.29 is 4.39 Å². The number of benzene rings is 1. The van der Waals surface area contributed by atoms with Crippen LogP contribution in [0.25, 0.3) is 0 Å². The van der Waals surface area contributed by atoms with Crippen LogP contribution in [0.5, 0.6) is 0 Å². The Balaban J connectivity index is 3.05. The molecule has 64 valence electrons. The number of rotatable bonds is 1. The summed E-state index contributed by atoms with van der Waals surface area (Å²) in [6, 6.07) is 4.19. The molecule has 0 aliphatic heterocycles. The van der Waals surface area contributed by atoms with Crippen molar-refractivity contribution in [3.8, 4) is 0 Å². The molecule has 0 aliphatic carbocycles. The van der Waals surface area contributed by atoms with Crippen LogP contribution in [0.4, 0.5) is 10.1 Å². The molecule has 0 fully saturated rings. The summed E-state index contributed by atoms with van der Waals surface area (Å²) in [6.45, 7) is 1.65. The van der Waals surface area contributed by atoms with Gasteiger partial charge in [0.25, 0.3) is 0 Å². The van der Waals surface area contributed by atoms with Crippen molar-refractivity contribution in [1.29, 1.82) is 0 Å². The molecule has 0 heterocycles. The Morgan fingerprint density at radius 3 is 2.75 bits per heavy atom. The summed E-state index contributed by atoms with van der Waals surface area (Å²) in [7, 11) is 0. The van der Waals surface area contributed by atoms with E-state index in [1.165, 1.54) is 18.2 Å². The normalized spacial score (nSPS) is 11.8. The molecule has 0 saturated carbocycles. The highest BCUT2D eigenvalue weighted by Crippen LogP contribution is 2.21. The highest BCUT2D eigenvalue weighted by Gasteiger charge is 1.98. The Hall–Kier alpha value is -1.09. The molecule has 0 aliphatic rings. The van der Waals surface area contributed by atoms with Crippen LogP contribution >= 0.6 is 11.6 Å². The van der Waals surface area contributed by atoms with Crippen LogP contribution in [0, 0.1) is 5.82 Å². The smallest absolute Gasteiger partial charge is 0.141 e. The molecule has 1 aromatic rings. The molecule has 1 aromatic carbocycles. The second-order valence-electron chi connectivity index (χ2n) is 2.35. The fourth-order valence-electron chi connectivity index (χ4n) is 0.758. The predicted molar refractivity (Wildman–Crippen MR) is 48.4 cm³/mol. The van der Waals surface area contributed by atoms with E-state index in [0.29, 0.717) is 11.5 Å². The first-order valence-corrected chi connectivity index (χ1v) is 3.73. The lowest BCUT2D eigenvalue weighted by Crippen LogP contribution is -2.03. The largest absolute Gasteiger partial charge is 0.387 e. The van der Waals surface area contributed by atoms with E-state index in [1.807, 2.05) is 0 Å². The molecule has 2 nitrogen and oxygen atoms in total. The number of amidine groups is 1. The first-order chi connectivity index (χ1) is 5.59. The number of aliphatic imine (C=N–C) groups is 1. The van der Waals surface area contributed by atoms with Gasteiger partial charge in [0.2, 0.25) is 0 Å². The van der Waals surface area contributed by atoms with E-state index in [1.54, 1.807) is 6.92 Å². The zero-order valence-electron chi connectivity index (χ0n) is 6.51. The lowest BCUT2D eigenvalue weighted by molar-refractivity contribution is 0.628. The third-order valence-corrected chi connectivity index (χ3v) is 1.50. The molecular formula is C8H8ClFN2. The number of halogens is 2. The molecule has 0 spiro atoms. The van der Waals surface area contributed by atoms with E-state index >= 15 is 0 Å². The van der Waals surface area contributed by atoms with Gasteiger partial charge in [-0.3, -0.25) is 0 Å². The van der Waals surface area contributed by atoms with Crippen LogP contribution in [0.1, 0.15) is 6.92 Å². The Bertz CT molecular complexity index is 319. The van der Waals surface area contributed by atoms with Crippen molar-refractivity contribution in [3.63, 3.8) is 0 Å². The first-order valence-electron chi connectivity index (χ1n) is 3.35. The summed E-state index contributed by atoms with van der Waals surface area (Å²) in [5.74, 6) is -0.0389. The minimum Gasteiger partial charge on any atom is -0.387 e. The summed E-state index contributed by atoms with van der Waals surface area (Å²) in [5, 5.41) is 0.0532. The van der Waals surface area contributed by atoms with Gasteiger partial charge in [-0.1, -0.05) is 11.6 Å². The molecule has 0 amide bonds. The van der Waals surface area contributed by atoms with E-state index in [9.17, 15) is 4.39 Å². The maximum Gasteiger partial charge on any atom is 0.141 e. The summed E-state index contributed by atoms with van der Waals surface area (Å²) in [6.07, 6.45) is 0. The lowest BCUT2D eigenvalue weighted by Gasteiger charge is -1.96. The number of hydrogen-bond acceptors (Lipinski definition) is 1. The van der Waals surface area contributed by atoms with Gasteiger partial charge in [-0.2, -0.15) is 0 Å². The molecule has 0 atom stereocenters. The first kappa shape index (κ1) is 9.00. The molecule has 0 radical (unpaired) electrons. The summed E-state index contributed by atoms with van der Waals surface area (Å²) >= 11 is 5.51. The maximum atomic E-state index is 12.6. The Morgan fingerprint density at radius 1 is 1.58 bits per heavy atom. The topological polar surface area (TPSA) is 38.4 Å². The van der Waals surface area contributed by atoms with E-state index < -0.39 is 5.82 Å². The maximum absolute atomic E-state index is 12.6. The van der Waals surface area contributed by atoms with Crippen LogP contribution in [0.3, 0.4) is 0 Å². The fourth-order valence-corrected chi connectivity index (χ4v) is 0.933. The summed E-state index contributed by atoms with van der Waals surface area (Å²) in [4.78, 5) is 3.90. The van der Waals surface area contributed by atoms with Gasteiger partial charge in [-0.25, -0.2) is 9.38 Å². The average Bonchev–Trinajstić information content (AvgIpc) is 1.96. The van der Waals surface area contributed by atoms with E-state index in [0.717, 1.165) is 0 Å². The SMILES string of the molecule is CC(N)=Nc1ccc(F)c(Cl)c1. The minimum atomic E-state index is -0.453. The van der Waals surface area contributed by atoms with Crippen LogP contribution < -0.4 is 5.73 Å². The molecule has 4 heteroatoms. The highest BCUT2D eigenvalue weighted by atomic mass is 35.5. The van der Waals surface area contributed by atoms with Gasteiger partial charge in [0, 0.05) is 0 Å². The van der Waals surface area contributed by atoms with Gasteiger partial charge in [-0.15, -0.1) is 0 Å². The van der Waals surface area contributed by atoms with Gasteiger partial charge < -0.3 is 5.73 Å². The number of nitrogens with zero attached hydrogens (tertiary/aromatic N) is 1. The summed E-state index contributed by atoms with van der Waals surface area (Å²) in [5.41, 5.74) is 5.88. The molecule has 1 rings (SSSR count). The highest BCUT2D eigenvalue weighted by molar-refractivity contribution is 6.31. The van der Waals surface area contributed by atoms with Crippen molar-refractivity contribution in [2.45, 2.75) is 6.92 Å². The van der Waals surface area contributed by atoms with Crippen molar-refractivity contribution in [2.75, 3.05) is 0 Å². The molecule has 0 aromatic heterocycles. The van der Waals surface area contributed by atoms with Crippen LogP contribution in [-0.2, 0) is 0 Å². The monoisotopic (exact) mass is 186 g/mol. The lowest BCUT2D eigenvalue weighted by atomic mass is 10.3. The predicted octanol–water partition coefficient (Wildman–Crippen LogP) is 2.49. The van der Waals surface area contributed by atoms with E-state index in [2.05, 4.69) is 4.99 Å². The van der Waals surface area contributed by atoms with E-state index in [4.69, 9.17) is 17.3 Å². The Morgan fingerprint density at radius 2 is 2.25 bits per heavy atom. The van der Waals surface area contributed by atoms with Crippen molar-refractivity contribution in [3.05, 3.63) is 29.0 Å².